The summed E-state index contributed by atoms with van der Waals surface area (Å²) in [6.07, 6.45) is 2.62. The number of phenolic OH excluding ortho intramolecular Hbond substituents is 2. The lowest BCUT2D eigenvalue weighted by atomic mass is 10.1. The fourth-order valence-electron chi connectivity index (χ4n) is 2.95. The summed E-state index contributed by atoms with van der Waals surface area (Å²) in [5.41, 5.74) is 0.409. The highest BCUT2D eigenvalue weighted by Crippen LogP contribution is 2.42. The molecule has 8 nitrogen and oxygen atoms in total. The highest BCUT2D eigenvalue weighted by atomic mass is 16.3. The summed E-state index contributed by atoms with van der Waals surface area (Å²) in [5.74, 6) is -2.42. The predicted molar refractivity (Wildman–Crippen MR) is 88.2 cm³/mol. The Morgan fingerprint density at radius 1 is 0.923 bits per heavy atom. The fraction of sp³-hybridized carbons (Fsp3) is 0.0556. The number of carbonyl (C=O) groups is 2. The van der Waals surface area contributed by atoms with Crippen molar-refractivity contribution in [2.45, 2.75) is 6.54 Å². The van der Waals surface area contributed by atoms with E-state index in [-0.39, 0.29) is 28.7 Å². The van der Waals surface area contributed by atoms with Gasteiger partial charge in [-0.2, -0.15) is 5.26 Å². The second-order valence-electron chi connectivity index (χ2n) is 5.71. The molecular weight excluding hydrogens is 336 g/mol. The SMILES string of the molecule is N#Cc1ccc(CN2C(=O)c3c(c(O)c4nccnc4c3O)C2=O)cc1. The first-order valence-corrected chi connectivity index (χ1v) is 7.56. The average molecular weight is 346 g/mol. The Kier molecular flexibility index (Phi) is 3.30. The second kappa shape index (κ2) is 5.53. The Bertz CT molecular complexity index is 1070. The molecule has 0 atom stereocenters. The van der Waals surface area contributed by atoms with Gasteiger partial charge in [0.15, 0.2) is 11.5 Å². The summed E-state index contributed by atoms with van der Waals surface area (Å²) >= 11 is 0. The second-order valence-corrected chi connectivity index (χ2v) is 5.71. The maximum absolute atomic E-state index is 12.7. The van der Waals surface area contributed by atoms with Crippen LogP contribution in [0.5, 0.6) is 11.5 Å². The summed E-state index contributed by atoms with van der Waals surface area (Å²) < 4.78 is 0. The number of hydrogen-bond acceptors (Lipinski definition) is 7. The Morgan fingerprint density at radius 2 is 1.42 bits per heavy atom. The van der Waals surface area contributed by atoms with Gasteiger partial charge in [-0.1, -0.05) is 12.1 Å². The van der Waals surface area contributed by atoms with E-state index in [0.29, 0.717) is 11.1 Å². The number of carbonyl (C=O) groups excluding carboxylic acids is 2. The monoisotopic (exact) mass is 346 g/mol. The van der Waals surface area contributed by atoms with Crippen LogP contribution in [0.3, 0.4) is 0 Å². The van der Waals surface area contributed by atoms with Gasteiger partial charge in [0.05, 0.1) is 18.2 Å². The molecule has 4 rings (SSSR count). The van der Waals surface area contributed by atoms with Gasteiger partial charge in [-0.25, -0.2) is 9.97 Å². The molecule has 1 aliphatic heterocycles. The number of amides is 2. The van der Waals surface area contributed by atoms with Crippen LogP contribution in [-0.4, -0.2) is 36.9 Å². The molecule has 1 aliphatic rings. The van der Waals surface area contributed by atoms with E-state index in [1.807, 2.05) is 6.07 Å². The zero-order valence-corrected chi connectivity index (χ0v) is 13.2. The van der Waals surface area contributed by atoms with Gasteiger partial charge in [0.25, 0.3) is 11.8 Å². The first-order chi connectivity index (χ1) is 12.5. The zero-order valence-electron chi connectivity index (χ0n) is 13.2. The summed E-state index contributed by atoms with van der Waals surface area (Å²) in [6, 6.07) is 8.39. The van der Waals surface area contributed by atoms with E-state index in [1.54, 1.807) is 24.3 Å². The van der Waals surface area contributed by atoms with Crippen molar-refractivity contribution in [1.82, 2.24) is 14.9 Å². The Labute approximate surface area is 146 Å². The third kappa shape index (κ3) is 2.08. The van der Waals surface area contributed by atoms with Crippen molar-refractivity contribution in [3.05, 3.63) is 58.9 Å². The average Bonchev–Trinajstić information content (AvgIpc) is 2.92. The number of rotatable bonds is 2. The van der Waals surface area contributed by atoms with Gasteiger partial charge in [0, 0.05) is 12.4 Å². The molecule has 2 N–H and O–H groups in total. The van der Waals surface area contributed by atoms with Gasteiger partial charge in [-0.3, -0.25) is 14.5 Å². The van der Waals surface area contributed by atoms with Gasteiger partial charge in [0.1, 0.15) is 22.2 Å². The Hall–Kier alpha value is -3.99. The molecule has 0 spiro atoms. The van der Waals surface area contributed by atoms with Gasteiger partial charge in [-0.15, -0.1) is 0 Å². The van der Waals surface area contributed by atoms with Gasteiger partial charge >= 0.3 is 0 Å². The minimum atomic E-state index is -0.727. The molecule has 126 valence electrons. The van der Waals surface area contributed by atoms with Crippen molar-refractivity contribution in [3.63, 3.8) is 0 Å². The molecule has 2 heterocycles. The van der Waals surface area contributed by atoms with E-state index in [9.17, 15) is 19.8 Å². The zero-order chi connectivity index (χ0) is 18.4. The maximum Gasteiger partial charge on any atom is 0.265 e. The molecule has 0 aliphatic carbocycles. The molecular formula is C18H10N4O4. The first kappa shape index (κ1) is 15.5. The van der Waals surface area contributed by atoms with Crippen molar-refractivity contribution < 1.29 is 19.8 Å². The molecule has 26 heavy (non-hydrogen) atoms. The normalized spacial score (nSPS) is 13.1. The van der Waals surface area contributed by atoms with Crippen molar-refractivity contribution in [2.75, 3.05) is 0 Å². The van der Waals surface area contributed by atoms with Crippen molar-refractivity contribution >= 4 is 22.8 Å². The smallest absolute Gasteiger partial charge is 0.265 e. The lowest BCUT2D eigenvalue weighted by Gasteiger charge is -2.13. The van der Waals surface area contributed by atoms with Crippen LogP contribution in [0.25, 0.3) is 11.0 Å². The fourth-order valence-corrected chi connectivity index (χ4v) is 2.95. The van der Waals surface area contributed by atoms with Crippen LogP contribution in [0.2, 0.25) is 0 Å². The van der Waals surface area contributed by atoms with Crippen LogP contribution in [0.15, 0.2) is 36.7 Å². The van der Waals surface area contributed by atoms with Gasteiger partial charge < -0.3 is 10.2 Å². The number of aromatic nitrogens is 2. The van der Waals surface area contributed by atoms with E-state index in [2.05, 4.69) is 9.97 Å². The molecule has 0 saturated carbocycles. The van der Waals surface area contributed by atoms with Crippen LogP contribution >= 0.6 is 0 Å². The molecule has 2 aromatic carbocycles. The number of benzene rings is 2. The lowest BCUT2D eigenvalue weighted by molar-refractivity contribution is 0.0641. The molecule has 1 aromatic heterocycles. The van der Waals surface area contributed by atoms with E-state index in [1.165, 1.54) is 12.4 Å². The van der Waals surface area contributed by atoms with Crippen LogP contribution < -0.4 is 0 Å². The number of fused-ring (bicyclic) bond motifs is 2. The largest absolute Gasteiger partial charge is 0.505 e. The van der Waals surface area contributed by atoms with Crippen molar-refractivity contribution in [3.8, 4) is 17.6 Å². The molecule has 0 fully saturated rings. The minimum Gasteiger partial charge on any atom is -0.505 e. The van der Waals surface area contributed by atoms with Crippen LogP contribution in [0.1, 0.15) is 31.8 Å². The number of nitriles is 1. The number of nitrogens with zero attached hydrogens (tertiary/aromatic N) is 4. The maximum atomic E-state index is 12.7. The van der Waals surface area contributed by atoms with E-state index in [4.69, 9.17) is 5.26 Å². The third-order valence-corrected chi connectivity index (χ3v) is 4.21. The number of aromatic hydroxyl groups is 2. The predicted octanol–water partition coefficient (Wildman–Crippen LogP) is 1.71. The molecule has 8 heteroatoms. The van der Waals surface area contributed by atoms with E-state index < -0.39 is 23.3 Å². The summed E-state index contributed by atoms with van der Waals surface area (Å²) in [5, 5.41) is 29.6. The Morgan fingerprint density at radius 3 is 1.88 bits per heavy atom. The van der Waals surface area contributed by atoms with E-state index >= 15 is 0 Å². The number of imide groups is 1. The van der Waals surface area contributed by atoms with Crippen LogP contribution in [0, 0.1) is 11.3 Å². The minimum absolute atomic E-state index is 0.0508. The van der Waals surface area contributed by atoms with Crippen LogP contribution in [-0.2, 0) is 6.54 Å². The molecule has 0 radical (unpaired) electrons. The van der Waals surface area contributed by atoms with Crippen molar-refractivity contribution in [1.29, 1.82) is 5.26 Å². The molecule has 0 unspecified atom stereocenters. The number of phenols is 2. The number of hydrogen-bond donors (Lipinski definition) is 2. The molecule has 0 bridgehead atoms. The molecule has 3 aromatic rings. The van der Waals surface area contributed by atoms with Crippen LogP contribution in [0.4, 0.5) is 0 Å². The summed E-state index contributed by atoms with van der Waals surface area (Å²) in [6.45, 7) is -0.0614. The Balaban J connectivity index is 1.81. The van der Waals surface area contributed by atoms with Crippen molar-refractivity contribution in [2.24, 2.45) is 0 Å². The summed E-state index contributed by atoms with van der Waals surface area (Å²) in [4.78, 5) is 34.1. The van der Waals surface area contributed by atoms with E-state index in [0.717, 1.165) is 4.90 Å². The highest BCUT2D eigenvalue weighted by molar-refractivity contribution is 6.26. The molecule has 2 amide bonds. The lowest BCUT2D eigenvalue weighted by Crippen LogP contribution is -2.29. The van der Waals surface area contributed by atoms with Gasteiger partial charge in [-0.05, 0) is 17.7 Å². The third-order valence-electron chi connectivity index (χ3n) is 4.21. The topological polar surface area (TPSA) is 127 Å². The molecule has 0 saturated heterocycles. The standard InChI is InChI=1S/C18H10N4O4/c19-7-9-1-3-10(4-2-9)8-22-17(25)11-12(18(22)26)16(24)14-13(15(11)23)20-5-6-21-14/h1-6,23-24H,8H2. The summed E-state index contributed by atoms with van der Waals surface area (Å²) in [7, 11) is 0. The quantitative estimate of drug-likeness (QED) is 0.534. The van der Waals surface area contributed by atoms with Gasteiger partial charge in [0.2, 0.25) is 0 Å². The highest BCUT2D eigenvalue weighted by Gasteiger charge is 2.42. The first-order valence-electron chi connectivity index (χ1n) is 7.56.